The second-order valence-electron chi connectivity index (χ2n) is 7.32. The largest absolute Gasteiger partial charge is 0.493 e. The predicted molar refractivity (Wildman–Crippen MR) is 119 cm³/mol. The number of carbonyl (C=O) groups excluding carboxylic acids is 1. The van der Waals surface area contributed by atoms with E-state index in [0.29, 0.717) is 29.4 Å². The minimum atomic E-state index is -0.181. The second kappa shape index (κ2) is 9.47. The van der Waals surface area contributed by atoms with E-state index in [1.165, 1.54) is 0 Å². The average molecular weight is 418 g/mol. The number of hydrogen-bond acceptors (Lipinski definition) is 6. The second-order valence-corrected chi connectivity index (χ2v) is 7.32. The Morgan fingerprint density at radius 3 is 2.71 bits per heavy atom. The van der Waals surface area contributed by atoms with Gasteiger partial charge in [0.2, 0.25) is 0 Å². The number of anilines is 1. The van der Waals surface area contributed by atoms with Crippen LogP contribution in [0.15, 0.2) is 60.9 Å². The lowest BCUT2D eigenvalue weighted by Crippen LogP contribution is -2.30. The first-order valence-corrected chi connectivity index (χ1v) is 10.3. The molecule has 1 aromatic carbocycles. The van der Waals surface area contributed by atoms with Gasteiger partial charge in [0.15, 0.2) is 11.5 Å². The van der Waals surface area contributed by atoms with Crippen LogP contribution in [-0.4, -0.2) is 36.6 Å². The van der Waals surface area contributed by atoms with E-state index in [9.17, 15) is 4.79 Å². The van der Waals surface area contributed by atoms with Gasteiger partial charge < -0.3 is 19.7 Å². The quantitative estimate of drug-likeness (QED) is 0.630. The number of para-hydroxylation sites is 1. The molecule has 7 heteroatoms. The molecule has 3 heterocycles. The van der Waals surface area contributed by atoms with Gasteiger partial charge in [0.05, 0.1) is 31.5 Å². The van der Waals surface area contributed by atoms with Crippen LogP contribution in [-0.2, 0) is 6.54 Å². The molecule has 1 unspecified atom stereocenters. The van der Waals surface area contributed by atoms with E-state index < -0.39 is 0 Å². The Kier molecular flexibility index (Phi) is 6.31. The van der Waals surface area contributed by atoms with Gasteiger partial charge in [-0.05, 0) is 43.2 Å². The number of pyridine rings is 2. The molecular formula is C24H26N4O3. The maximum atomic E-state index is 13.1. The summed E-state index contributed by atoms with van der Waals surface area (Å²) in [6, 6.07) is 15.3. The lowest BCUT2D eigenvalue weighted by atomic mass is 10.1. The van der Waals surface area contributed by atoms with E-state index in [1.54, 1.807) is 32.7 Å². The number of benzene rings is 1. The van der Waals surface area contributed by atoms with Crippen LogP contribution >= 0.6 is 0 Å². The van der Waals surface area contributed by atoms with Crippen LogP contribution in [0.1, 0.15) is 40.5 Å². The number of hydrogen-bond donors (Lipinski definition) is 1. The van der Waals surface area contributed by atoms with Crippen LogP contribution in [0.3, 0.4) is 0 Å². The third kappa shape index (κ3) is 4.30. The summed E-state index contributed by atoms with van der Waals surface area (Å²) in [6.07, 6.45) is 5.54. The number of amides is 1. The van der Waals surface area contributed by atoms with Gasteiger partial charge in [-0.1, -0.05) is 18.2 Å². The fraction of sp³-hybridized carbons (Fsp3) is 0.292. The van der Waals surface area contributed by atoms with Crippen LogP contribution in [0.4, 0.5) is 5.82 Å². The maximum absolute atomic E-state index is 13.1. The molecule has 7 nitrogen and oxygen atoms in total. The lowest BCUT2D eigenvalue weighted by molar-refractivity contribution is 0.0950. The third-order valence-corrected chi connectivity index (χ3v) is 5.51. The molecule has 1 fully saturated rings. The highest BCUT2D eigenvalue weighted by molar-refractivity contribution is 5.99. The SMILES string of the molecule is COc1cccc(CNC(=O)c2cccnc2N2CCCC2c2ccccn2)c1OC. The fourth-order valence-corrected chi connectivity index (χ4v) is 4.07. The van der Waals surface area contributed by atoms with Gasteiger partial charge in [-0.25, -0.2) is 4.98 Å². The molecule has 0 spiro atoms. The van der Waals surface area contributed by atoms with Gasteiger partial charge in [0.25, 0.3) is 5.91 Å². The van der Waals surface area contributed by atoms with E-state index in [2.05, 4.69) is 20.2 Å². The number of carbonyl (C=O) groups is 1. The van der Waals surface area contributed by atoms with Crippen molar-refractivity contribution in [3.63, 3.8) is 0 Å². The molecule has 4 rings (SSSR count). The van der Waals surface area contributed by atoms with Gasteiger partial charge >= 0.3 is 0 Å². The zero-order valence-electron chi connectivity index (χ0n) is 17.7. The van der Waals surface area contributed by atoms with Crippen molar-refractivity contribution < 1.29 is 14.3 Å². The molecule has 1 amide bonds. The normalized spacial score (nSPS) is 15.5. The molecule has 160 valence electrons. The first-order chi connectivity index (χ1) is 15.2. The van der Waals surface area contributed by atoms with Crippen LogP contribution in [0.25, 0.3) is 0 Å². The topological polar surface area (TPSA) is 76.6 Å². The minimum absolute atomic E-state index is 0.112. The molecule has 1 aliphatic heterocycles. The van der Waals surface area contributed by atoms with Crippen LogP contribution in [0.2, 0.25) is 0 Å². The monoisotopic (exact) mass is 418 g/mol. The smallest absolute Gasteiger partial charge is 0.255 e. The molecule has 2 aromatic heterocycles. The van der Waals surface area contributed by atoms with Crippen LogP contribution < -0.4 is 19.7 Å². The fourth-order valence-electron chi connectivity index (χ4n) is 4.07. The Hall–Kier alpha value is -3.61. The number of nitrogens with zero attached hydrogens (tertiary/aromatic N) is 3. The molecule has 1 N–H and O–H groups in total. The zero-order valence-corrected chi connectivity index (χ0v) is 17.7. The number of ether oxygens (including phenoxy) is 2. The van der Waals surface area contributed by atoms with Gasteiger partial charge in [-0.2, -0.15) is 0 Å². The number of nitrogens with one attached hydrogen (secondary N) is 1. The number of aromatic nitrogens is 2. The predicted octanol–water partition coefficient (Wildman–Crippen LogP) is 3.77. The Morgan fingerprint density at radius 1 is 1.06 bits per heavy atom. The number of rotatable bonds is 7. The zero-order chi connectivity index (χ0) is 21.6. The Balaban J connectivity index is 1.56. The van der Waals surface area contributed by atoms with Crippen molar-refractivity contribution in [2.24, 2.45) is 0 Å². The van der Waals surface area contributed by atoms with Gasteiger partial charge in [-0.15, -0.1) is 0 Å². The van der Waals surface area contributed by atoms with Gasteiger partial charge in [-0.3, -0.25) is 9.78 Å². The molecule has 1 saturated heterocycles. The molecular weight excluding hydrogens is 392 g/mol. The summed E-state index contributed by atoms with van der Waals surface area (Å²) in [7, 11) is 3.18. The van der Waals surface area contributed by atoms with Crippen molar-refractivity contribution in [2.75, 3.05) is 25.7 Å². The van der Waals surface area contributed by atoms with Crippen molar-refractivity contribution in [2.45, 2.75) is 25.4 Å². The van der Waals surface area contributed by atoms with Crippen molar-refractivity contribution in [1.82, 2.24) is 15.3 Å². The summed E-state index contributed by atoms with van der Waals surface area (Å²) in [6.45, 7) is 1.15. The highest BCUT2D eigenvalue weighted by atomic mass is 16.5. The Bertz CT molecular complexity index is 1040. The molecule has 31 heavy (non-hydrogen) atoms. The molecule has 1 aliphatic rings. The van der Waals surface area contributed by atoms with Crippen molar-refractivity contribution in [3.8, 4) is 11.5 Å². The Morgan fingerprint density at radius 2 is 1.94 bits per heavy atom. The van der Waals surface area contributed by atoms with Crippen molar-refractivity contribution in [1.29, 1.82) is 0 Å². The lowest BCUT2D eigenvalue weighted by Gasteiger charge is -2.27. The molecule has 0 radical (unpaired) electrons. The van der Waals surface area contributed by atoms with Crippen LogP contribution in [0.5, 0.6) is 11.5 Å². The Labute approximate surface area is 182 Å². The first-order valence-electron chi connectivity index (χ1n) is 10.3. The highest BCUT2D eigenvalue weighted by Crippen LogP contribution is 2.36. The molecule has 0 saturated carbocycles. The number of methoxy groups -OCH3 is 2. The van der Waals surface area contributed by atoms with Gasteiger partial charge in [0.1, 0.15) is 5.82 Å². The maximum Gasteiger partial charge on any atom is 0.255 e. The van der Waals surface area contributed by atoms with Gasteiger partial charge in [0, 0.05) is 31.0 Å². The third-order valence-electron chi connectivity index (χ3n) is 5.51. The van der Waals surface area contributed by atoms with Crippen molar-refractivity contribution in [3.05, 3.63) is 77.7 Å². The standard InChI is InChI=1S/C24H26N4O3/c1-30-21-12-5-8-17(22(21)31-2)16-27-24(29)18-9-6-14-26-23(18)28-15-7-11-20(28)19-10-3-4-13-25-19/h3-6,8-10,12-14,20H,7,11,15-16H2,1-2H3,(H,27,29). The molecule has 0 bridgehead atoms. The highest BCUT2D eigenvalue weighted by Gasteiger charge is 2.30. The summed E-state index contributed by atoms with van der Waals surface area (Å²) in [4.78, 5) is 24.4. The first kappa shape index (κ1) is 20.7. The van der Waals surface area contributed by atoms with E-state index in [1.807, 2.05) is 42.5 Å². The summed E-state index contributed by atoms with van der Waals surface area (Å²) < 4.78 is 10.8. The van der Waals surface area contributed by atoms with Crippen molar-refractivity contribution >= 4 is 11.7 Å². The molecule has 1 atom stereocenters. The minimum Gasteiger partial charge on any atom is -0.493 e. The summed E-state index contributed by atoms with van der Waals surface area (Å²) in [5.41, 5.74) is 2.39. The van der Waals surface area contributed by atoms with E-state index in [-0.39, 0.29) is 11.9 Å². The van der Waals surface area contributed by atoms with E-state index in [0.717, 1.165) is 30.6 Å². The van der Waals surface area contributed by atoms with Crippen LogP contribution in [0, 0.1) is 0 Å². The molecule has 3 aromatic rings. The average Bonchev–Trinajstić information content (AvgIpc) is 3.32. The summed E-state index contributed by atoms with van der Waals surface area (Å²) in [5.74, 6) is 1.75. The summed E-state index contributed by atoms with van der Waals surface area (Å²) >= 11 is 0. The summed E-state index contributed by atoms with van der Waals surface area (Å²) in [5, 5.41) is 3.00. The molecule has 0 aliphatic carbocycles. The van der Waals surface area contributed by atoms with E-state index >= 15 is 0 Å². The van der Waals surface area contributed by atoms with E-state index in [4.69, 9.17) is 9.47 Å².